The highest BCUT2D eigenvalue weighted by Gasteiger charge is 2.33. The highest BCUT2D eigenvalue weighted by molar-refractivity contribution is 5.91. The molecule has 1 N–H and O–H groups in total. The zero-order chi connectivity index (χ0) is 8.48. The van der Waals surface area contributed by atoms with Gasteiger partial charge in [0, 0.05) is 5.41 Å². The van der Waals surface area contributed by atoms with Crippen molar-refractivity contribution in [3.05, 3.63) is 0 Å². The van der Waals surface area contributed by atoms with E-state index in [0.717, 1.165) is 12.1 Å². The molecule has 0 bridgehead atoms. The van der Waals surface area contributed by atoms with Crippen LogP contribution in [-0.4, -0.2) is 10.9 Å². The summed E-state index contributed by atoms with van der Waals surface area (Å²) in [5.41, 5.74) is 1.09. The van der Waals surface area contributed by atoms with E-state index in [9.17, 15) is 0 Å². The Morgan fingerprint density at radius 2 is 2.18 bits per heavy atom. The van der Waals surface area contributed by atoms with E-state index in [-0.39, 0.29) is 5.41 Å². The van der Waals surface area contributed by atoms with Crippen LogP contribution in [0.15, 0.2) is 5.16 Å². The van der Waals surface area contributed by atoms with Crippen molar-refractivity contribution in [2.45, 2.75) is 40.0 Å². The lowest BCUT2D eigenvalue weighted by molar-refractivity contribution is 0.285. The SMILES string of the molecule is C[C@@H]1CCCC(C)(C)C1=NO. The molecule has 0 heterocycles. The largest absolute Gasteiger partial charge is 0.411 e. The van der Waals surface area contributed by atoms with Gasteiger partial charge in [-0.3, -0.25) is 0 Å². The molecule has 0 aromatic carbocycles. The second-order valence-electron chi connectivity index (χ2n) is 4.16. The molecule has 1 aliphatic rings. The second kappa shape index (κ2) is 2.84. The van der Waals surface area contributed by atoms with Crippen molar-refractivity contribution in [2.75, 3.05) is 0 Å². The standard InChI is InChI=1S/C9H17NO/c1-7-5-4-6-9(2,3)8(7)10-11/h7,11H,4-6H2,1-3H3/t7-/m1/s1. The van der Waals surface area contributed by atoms with Gasteiger partial charge in [0.25, 0.3) is 0 Å². The van der Waals surface area contributed by atoms with Crippen molar-refractivity contribution >= 4 is 5.71 Å². The van der Waals surface area contributed by atoms with Gasteiger partial charge in [-0.15, -0.1) is 0 Å². The summed E-state index contributed by atoms with van der Waals surface area (Å²) in [6.07, 6.45) is 3.58. The summed E-state index contributed by atoms with van der Waals surface area (Å²) in [6, 6.07) is 0. The Morgan fingerprint density at radius 3 is 2.55 bits per heavy atom. The predicted molar refractivity (Wildman–Crippen MR) is 46.0 cm³/mol. The highest BCUT2D eigenvalue weighted by atomic mass is 16.4. The van der Waals surface area contributed by atoms with Gasteiger partial charge in [0.05, 0.1) is 5.71 Å². The normalized spacial score (nSPS) is 34.1. The van der Waals surface area contributed by atoms with Crippen LogP contribution < -0.4 is 0 Å². The average Bonchev–Trinajstić information content (AvgIpc) is 1.86. The first-order chi connectivity index (χ1) is 5.08. The smallest absolute Gasteiger partial charge is 0.0654 e. The van der Waals surface area contributed by atoms with Crippen LogP contribution in [-0.2, 0) is 0 Å². The summed E-state index contributed by atoms with van der Waals surface area (Å²) < 4.78 is 0. The maximum atomic E-state index is 8.79. The Kier molecular flexibility index (Phi) is 2.21. The summed E-state index contributed by atoms with van der Waals surface area (Å²) in [5, 5.41) is 12.2. The van der Waals surface area contributed by atoms with Crippen LogP contribution >= 0.6 is 0 Å². The minimum atomic E-state index is 0.117. The summed E-state index contributed by atoms with van der Waals surface area (Å²) in [5.74, 6) is 0.462. The van der Waals surface area contributed by atoms with E-state index in [1.807, 2.05) is 0 Å². The Morgan fingerprint density at radius 1 is 1.55 bits per heavy atom. The third-order valence-corrected chi connectivity index (χ3v) is 2.71. The number of hydrogen-bond acceptors (Lipinski definition) is 2. The molecular formula is C9H17NO. The lowest BCUT2D eigenvalue weighted by atomic mass is 9.71. The van der Waals surface area contributed by atoms with Crippen LogP contribution in [0.2, 0.25) is 0 Å². The lowest BCUT2D eigenvalue weighted by Crippen LogP contribution is -2.33. The van der Waals surface area contributed by atoms with Gasteiger partial charge in [-0.05, 0) is 18.8 Å². The molecule has 0 aromatic rings. The molecule has 1 atom stereocenters. The summed E-state index contributed by atoms with van der Waals surface area (Å²) in [4.78, 5) is 0. The Hall–Kier alpha value is -0.530. The highest BCUT2D eigenvalue weighted by Crippen LogP contribution is 2.35. The molecular weight excluding hydrogens is 138 g/mol. The molecule has 1 saturated carbocycles. The number of oxime groups is 1. The summed E-state index contributed by atoms with van der Waals surface area (Å²) in [7, 11) is 0. The van der Waals surface area contributed by atoms with Crippen LogP contribution in [0.4, 0.5) is 0 Å². The molecule has 0 amide bonds. The molecule has 1 rings (SSSR count). The van der Waals surface area contributed by atoms with Crippen molar-refractivity contribution in [1.82, 2.24) is 0 Å². The maximum Gasteiger partial charge on any atom is 0.0654 e. The van der Waals surface area contributed by atoms with Crippen LogP contribution in [0.1, 0.15) is 40.0 Å². The van der Waals surface area contributed by atoms with Gasteiger partial charge in [-0.25, -0.2) is 0 Å². The third kappa shape index (κ3) is 1.55. The Labute approximate surface area is 68.3 Å². The topological polar surface area (TPSA) is 32.6 Å². The molecule has 2 nitrogen and oxygen atoms in total. The zero-order valence-corrected chi connectivity index (χ0v) is 7.59. The second-order valence-corrected chi connectivity index (χ2v) is 4.16. The Bertz CT molecular complexity index is 172. The fraction of sp³-hybridized carbons (Fsp3) is 0.889. The quantitative estimate of drug-likeness (QED) is 0.423. The van der Waals surface area contributed by atoms with Gasteiger partial charge in [0.2, 0.25) is 0 Å². The molecule has 0 aromatic heterocycles. The van der Waals surface area contributed by atoms with E-state index in [4.69, 9.17) is 5.21 Å². The van der Waals surface area contributed by atoms with Crippen molar-refractivity contribution in [2.24, 2.45) is 16.5 Å². The monoisotopic (exact) mass is 155 g/mol. The van der Waals surface area contributed by atoms with E-state index < -0.39 is 0 Å². The van der Waals surface area contributed by atoms with Crippen molar-refractivity contribution in [3.63, 3.8) is 0 Å². The summed E-state index contributed by atoms with van der Waals surface area (Å²) >= 11 is 0. The minimum absolute atomic E-state index is 0.117. The molecule has 0 saturated heterocycles. The van der Waals surface area contributed by atoms with Gasteiger partial charge in [0.15, 0.2) is 0 Å². The van der Waals surface area contributed by atoms with Gasteiger partial charge in [-0.2, -0.15) is 0 Å². The van der Waals surface area contributed by atoms with E-state index in [2.05, 4.69) is 25.9 Å². The van der Waals surface area contributed by atoms with E-state index >= 15 is 0 Å². The molecule has 64 valence electrons. The van der Waals surface area contributed by atoms with Crippen molar-refractivity contribution in [1.29, 1.82) is 0 Å². The van der Waals surface area contributed by atoms with Gasteiger partial charge in [0.1, 0.15) is 0 Å². The molecule has 1 aliphatic carbocycles. The fourth-order valence-corrected chi connectivity index (χ4v) is 2.02. The first-order valence-electron chi connectivity index (χ1n) is 4.30. The lowest BCUT2D eigenvalue weighted by Gasteiger charge is -2.34. The molecule has 0 aliphatic heterocycles. The van der Waals surface area contributed by atoms with Gasteiger partial charge < -0.3 is 5.21 Å². The first-order valence-corrected chi connectivity index (χ1v) is 4.30. The van der Waals surface area contributed by atoms with Gasteiger partial charge >= 0.3 is 0 Å². The van der Waals surface area contributed by atoms with Crippen LogP contribution in [0, 0.1) is 11.3 Å². The van der Waals surface area contributed by atoms with Crippen LogP contribution in [0.25, 0.3) is 0 Å². The van der Waals surface area contributed by atoms with Crippen molar-refractivity contribution in [3.8, 4) is 0 Å². The number of rotatable bonds is 0. The summed E-state index contributed by atoms with van der Waals surface area (Å²) in [6.45, 7) is 6.44. The van der Waals surface area contributed by atoms with Crippen LogP contribution in [0.5, 0.6) is 0 Å². The van der Waals surface area contributed by atoms with E-state index in [0.29, 0.717) is 5.92 Å². The van der Waals surface area contributed by atoms with E-state index in [1.54, 1.807) is 0 Å². The average molecular weight is 155 g/mol. The number of nitrogens with zero attached hydrogens (tertiary/aromatic N) is 1. The molecule has 0 spiro atoms. The molecule has 11 heavy (non-hydrogen) atoms. The molecule has 2 heteroatoms. The fourth-order valence-electron chi connectivity index (χ4n) is 2.02. The predicted octanol–water partition coefficient (Wildman–Crippen LogP) is 2.66. The minimum Gasteiger partial charge on any atom is -0.411 e. The Balaban J connectivity index is 2.82. The van der Waals surface area contributed by atoms with E-state index in [1.165, 1.54) is 12.8 Å². The third-order valence-electron chi connectivity index (χ3n) is 2.71. The van der Waals surface area contributed by atoms with Crippen LogP contribution in [0.3, 0.4) is 0 Å². The molecule has 0 radical (unpaired) electrons. The molecule has 1 fully saturated rings. The van der Waals surface area contributed by atoms with Crippen molar-refractivity contribution < 1.29 is 5.21 Å². The zero-order valence-electron chi connectivity index (χ0n) is 7.59. The maximum absolute atomic E-state index is 8.79. The number of hydrogen-bond donors (Lipinski definition) is 1. The first kappa shape index (κ1) is 8.57. The van der Waals surface area contributed by atoms with Gasteiger partial charge in [-0.1, -0.05) is 32.3 Å². The molecule has 0 unspecified atom stereocenters.